The minimum absolute atomic E-state index is 0.482. The first-order chi connectivity index (χ1) is 9.33. The SMILES string of the molecule is CCCN(c1nc(NN)nc2ccccc12)C1CC1. The molecule has 0 amide bonds. The summed E-state index contributed by atoms with van der Waals surface area (Å²) in [6.07, 6.45) is 3.62. The number of rotatable bonds is 5. The first kappa shape index (κ1) is 12.2. The molecule has 0 radical (unpaired) electrons. The quantitative estimate of drug-likeness (QED) is 0.635. The van der Waals surface area contributed by atoms with Crippen LogP contribution in [0, 0.1) is 0 Å². The molecule has 1 fully saturated rings. The van der Waals surface area contributed by atoms with Gasteiger partial charge in [0.25, 0.3) is 0 Å². The van der Waals surface area contributed by atoms with Gasteiger partial charge in [0.15, 0.2) is 0 Å². The van der Waals surface area contributed by atoms with Crippen molar-refractivity contribution in [2.75, 3.05) is 16.9 Å². The molecule has 1 aliphatic rings. The Hall–Kier alpha value is -1.88. The number of hydrogen-bond donors (Lipinski definition) is 2. The normalized spacial score (nSPS) is 14.6. The summed E-state index contributed by atoms with van der Waals surface area (Å²) >= 11 is 0. The molecule has 1 aliphatic carbocycles. The van der Waals surface area contributed by atoms with Gasteiger partial charge in [0, 0.05) is 18.0 Å². The highest BCUT2D eigenvalue weighted by Gasteiger charge is 2.30. The van der Waals surface area contributed by atoms with Crippen LogP contribution in [0.3, 0.4) is 0 Å². The Labute approximate surface area is 112 Å². The second-order valence-corrected chi connectivity index (χ2v) is 4.96. The van der Waals surface area contributed by atoms with E-state index in [1.165, 1.54) is 12.8 Å². The van der Waals surface area contributed by atoms with Crippen LogP contribution in [0.5, 0.6) is 0 Å². The zero-order chi connectivity index (χ0) is 13.2. The van der Waals surface area contributed by atoms with E-state index in [1.807, 2.05) is 18.2 Å². The van der Waals surface area contributed by atoms with E-state index in [2.05, 4.69) is 33.3 Å². The molecule has 19 heavy (non-hydrogen) atoms. The number of anilines is 2. The van der Waals surface area contributed by atoms with Crippen molar-refractivity contribution in [2.45, 2.75) is 32.2 Å². The van der Waals surface area contributed by atoms with Gasteiger partial charge < -0.3 is 4.90 Å². The summed E-state index contributed by atoms with van der Waals surface area (Å²) in [7, 11) is 0. The van der Waals surface area contributed by atoms with E-state index >= 15 is 0 Å². The van der Waals surface area contributed by atoms with Crippen LogP contribution in [-0.4, -0.2) is 22.6 Å². The van der Waals surface area contributed by atoms with Gasteiger partial charge in [-0.1, -0.05) is 19.1 Å². The Kier molecular flexibility index (Phi) is 3.21. The van der Waals surface area contributed by atoms with Gasteiger partial charge in [-0.2, -0.15) is 4.98 Å². The molecule has 0 saturated heterocycles. The lowest BCUT2D eigenvalue weighted by molar-refractivity contribution is 0.753. The molecule has 1 heterocycles. The fraction of sp³-hybridized carbons (Fsp3) is 0.429. The smallest absolute Gasteiger partial charge is 0.239 e. The second kappa shape index (κ2) is 5.01. The molecule has 3 rings (SSSR count). The highest BCUT2D eigenvalue weighted by molar-refractivity contribution is 5.90. The largest absolute Gasteiger partial charge is 0.353 e. The average molecular weight is 257 g/mol. The van der Waals surface area contributed by atoms with Crippen LogP contribution in [0.2, 0.25) is 0 Å². The zero-order valence-electron chi connectivity index (χ0n) is 11.1. The molecule has 5 heteroatoms. The fourth-order valence-corrected chi connectivity index (χ4v) is 2.43. The summed E-state index contributed by atoms with van der Waals surface area (Å²) in [5, 5.41) is 1.10. The predicted molar refractivity (Wildman–Crippen MR) is 78.0 cm³/mol. The van der Waals surface area contributed by atoms with Crippen molar-refractivity contribution in [3.05, 3.63) is 24.3 Å². The summed E-state index contributed by atoms with van der Waals surface area (Å²) in [5.74, 6) is 6.97. The third-order valence-electron chi connectivity index (χ3n) is 3.44. The van der Waals surface area contributed by atoms with E-state index in [0.717, 1.165) is 29.7 Å². The van der Waals surface area contributed by atoms with Crippen LogP contribution in [-0.2, 0) is 0 Å². The van der Waals surface area contributed by atoms with Gasteiger partial charge >= 0.3 is 0 Å². The van der Waals surface area contributed by atoms with Crippen LogP contribution in [0.4, 0.5) is 11.8 Å². The molecule has 5 nitrogen and oxygen atoms in total. The number of nitrogens with two attached hydrogens (primary N) is 1. The van der Waals surface area contributed by atoms with Gasteiger partial charge in [-0.3, -0.25) is 5.43 Å². The van der Waals surface area contributed by atoms with Gasteiger partial charge in [-0.15, -0.1) is 0 Å². The van der Waals surface area contributed by atoms with E-state index in [4.69, 9.17) is 5.84 Å². The number of hydrogen-bond acceptors (Lipinski definition) is 5. The monoisotopic (exact) mass is 257 g/mol. The molecular formula is C14H19N5. The summed E-state index contributed by atoms with van der Waals surface area (Å²) < 4.78 is 0. The van der Waals surface area contributed by atoms with Crippen molar-refractivity contribution in [3.63, 3.8) is 0 Å². The standard InChI is InChI=1S/C14H19N5/c1-2-9-19(10-7-8-10)13-11-5-3-4-6-12(11)16-14(17-13)18-15/h3-6,10H,2,7-9,15H2,1H3,(H,16,17,18). The Morgan fingerprint density at radius 3 is 2.79 bits per heavy atom. The Morgan fingerprint density at radius 2 is 2.11 bits per heavy atom. The molecule has 1 saturated carbocycles. The first-order valence-corrected chi connectivity index (χ1v) is 6.83. The molecule has 0 unspecified atom stereocenters. The third kappa shape index (κ3) is 2.33. The van der Waals surface area contributed by atoms with Crippen molar-refractivity contribution in [3.8, 4) is 0 Å². The maximum Gasteiger partial charge on any atom is 0.239 e. The van der Waals surface area contributed by atoms with E-state index in [9.17, 15) is 0 Å². The average Bonchev–Trinajstić information content (AvgIpc) is 3.28. The number of para-hydroxylation sites is 1. The number of nitrogens with one attached hydrogen (secondary N) is 1. The molecule has 2 aromatic rings. The molecule has 1 aromatic carbocycles. The highest BCUT2D eigenvalue weighted by atomic mass is 15.3. The summed E-state index contributed by atoms with van der Waals surface area (Å²) in [6, 6.07) is 8.72. The second-order valence-electron chi connectivity index (χ2n) is 4.96. The minimum Gasteiger partial charge on any atom is -0.353 e. The molecule has 100 valence electrons. The lowest BCUT2D eigenvalue weighted by Gasteiger charge is -2.24. The van der Waals surface area contributed by atoms with Gasteiger partial charge in [0.1, 0.15) is 5.82 Å². The number of fused-ring (bicyclic) bond motifs is 1. The summed E-state index contributed by atoms with van der Waals surface area (Å²) in [6.45, 7) is 3.22. The van der Waals surface area contributed by atoms with Crippen LogP contribution < -0.4 is 16.2 Å². The number of benzene rings is 1. The van der Waals surface area contributed by atoms with Crippen LogP contribution in [0.25, 0.3) is 10.9 Å². The molecule has 0 aliphatic heterocycles. The van der Waals surface area contributed by atoms with E-state index in [0.29, 0.717) is 12.0 Å². The fourth-order valence-electron chi connectivity index (χ4n) is 2.43. The maximum atomic E-state index is 5.48. The van der Waals surface area contributed by atoms with Crippen molar-refractivity contribution in [2.24, 2.45) is 5.84 Å². The van der Waals surface area contributed by atoms with Crippen LogP contribution >= 0.6 is 0 Å². The third-order valence-corrected chi connectivity index (χ3v) is 3.44. The maximum absolute atomic E-state index is 5.48. The molecular weight excluding hydrogens is 238 g/mol. The minimum atomic E-state index is 0.482. The summed E-state index contributed by atoms with van der Waals surface area (Å²) in [5.41, 5.74) is 3.50. The van der Waals surface area contributed by atoms with Crippen molar-refractivity contribution in [1.82, 2.24) is 9.97 Å². The number of nitrogen functional groups attached to an aromatic ring is 1. The van der Waals surface area contributed by atoms with Crippen molar-refractivity contribution >= 4 is 22.7 Å². The molecule has 1 aromatic heterocycles. The topological polar surface area (TPSA) is 67.1 Å². The van der Waals surface area contributed by atoms with Crippen LogP contribution in [0.1, 0.15) is 26.2 Å². The number of aromatic nitrogens is 2. The molecule has 0 spiro atoms. The molecule has 0 atom stereocenters. The van der Waals surface area contributed by atoms with Crippen molar-refractivity contribution < 1.29 is 0 Å². The Bertz CT molecular complexity index is 579. The zero-order valence-corrected chi connectivity index (χ0v) is 11.1. The number of hydrazine groups is 1. The molecule has 0 bridgehead atoms. The van der Waals surface area contributed by atoms with Crippen molar-refractivity contribution in [1.29, 1.82) is 0 Å². The van der Waals surface area contributed by atoms with Gasteiger partial charge in [0.2, 0.25) is 5.95 Å². The van der Waals surface area contributed by atoms with Crippen LogP contribution in [0.15, 0.2) is 24.3 Å². The molecule has 3 N–H and O–H groups in total. The van der Waals surface area contributed by atoms with E-state index < -0.39 is 0 Å². The Morgan fingerprint density at radius 1 is 1.32 bits per heavy atom. The van der Waals surface area contributed by atoms with E-state index in [-0.39, 0.29) is 0 Å². The predicted octanol–water partition coefficient (Wildman–Crippen LogP) is 2.29. The van der Waals surface area contributed by atoms with E-state index in [1.54, 1.807) is 0 Å². The van der Waals surface area contributed by atoms with Gasteiger partial charge in [0.05, 0.1) is 5.52 Å². The first-order valence-electron chi connectivity index (χ1n) is 6.83. The summed E-state index contributed by atoms with van der Waals surface area (Å²) in [4.78, 5) is 11.4. The lowest BCUT2D eigenvalue weighted by atomic mass is 10.2. The van der Waals surface area contributed by atoms with Gasteiger partial charge in [-0.05, 0) is 31.4 Å². The lowest BCUT2D eigenvalue weighted by Crippen LogP contribution is -2.28. The Balaban J connectivity index is 2.13. The van der Waals surface area contributed by atoms with Gasteiger partial charge in [-0.25, -0.2) is 10.8 Å². The number of nitrogens with zero attached hydrogens (tertiary/aromatic N) is 3. The highest BCUT2D eigenvalue weighted by Crippen LogP contribution is 2.34.